The quantitative estimate of drug-likeness (QED) is 0.754. The third kappa shape index (κ3) is 2.50. The maximum Gasteiger partial charge on any atom is 0.104 e. The lowest BCUT2D eigenvalue weighted by Crippen LogP contribution is -2.41. The first-order chi connectivity index (χ1) is 8.57. The van der Waals surface area contributed by atoms with E-state index in [2.05, 4.69) is 69.1 Å². The fourth-order valence-corrected chi connectivity index (χ4v) is 2.84. The molecule has 0 saturated heterocycles. The second kappa shape index (κ2) is 5.25. The molecular formula is C16H23NO. The molecule has 0 radical (unpaired) electrons. The molecule has 0 spiro atoms. The van der Waals surface area contributed by atoms with Crippen molar-refractivity contribution in [3.8, 4) is 0 Å². The molecule has 2 rings (SSSR count). The van der Waals surface area contributed by atoms with Crippen LogP contribution in [0.4, 0.5) is 0 Å². The maximum atomic E-state index is 6.06. The topological polar surface area (TPSA) is 12.5 Å². The van der Waals surface area contributed by atoms with Gasteiger partial charge >= 0.3 is 0 Å². The summed E-state index contributed by atoms with van der Waals surface area (Å²) in [6.07, 6.45) is 2.27. The van der Waals surface area contributed by atoms with Crippen LogP contribution in [-0.2, 0) is 4.74 Å². The molecule has 0 amide bonds. The summed E-state index contributed by atoms with van der Waals surface area (Å²) in [5, 5.41) is 0. The molecule has 18 heavy (non-hydrogen) atoms. The van der Waals surface area contributed by atoms with Crippen LogP contribution in [0.3, 0.4) is 0 Å². The van der Waals surface area contributed by atoms with Gasteiger partial charge in [0.2, 0.25) is 0 Å². The van der Waals surface area contributed by atoms with Crippen molar-refractivity contribution in [2.24, 2.45) is 0 Å². The molecule has 1 aromatic rings. The highest BCUT2D eigenvalue weighted by atomic mass is 16.5. The summed E-state index contributed by atoms with van der Waals surface area (Å²) in [5.41, 5.74) is 2.41. The van der Waals surface area contributed by atoms with E-state index in [1.54, 1.807) is 0 Å². The van der Waals surface area contributed by atoms with Gasteiger partial charge in [-0.1, -0.05) is 37.3 Å². The van der Waals surface area contributed by atoms with Crippen molar-refractivity contribution in [2.75, 3.05) is 20.2 Å². The van der Waals surface area contributed by atoms with E-state index in [1.165, 1.54) is 11.1 Å². The summed E-state index contributed by atoms with van der Waals surface area (Å²) < 4.78 is 6.06. The standard InChI is InChI=1S/C16H23NO/c1-5-17(4)15(14-9-7-6-8-10-14)16(3)11-13(2)12-18-16/h6-11,15H,5,12H2,1-4H3/t15-,16+/m0/s1. The third-order valence-corrected chi connectivity index (χ3v) is 3.74. The molecule has 0 fully saturated rings. The van der Waals surface area contributed by atoms with Gasteiger partial charge in [-0.15, -0.1) is 0 Å². The van der Waals surface area contributed by atoms with Gasteiger partial charge in [0.1, 0.15) is 5.60 Å². The Morgan fingerprint density at radius 3 is 2.50 bits per heavy atom. The zero-order chi connectivity index (χ0) is 13.2. The first kappa shape index (κ1) is 13.3. The summed E-state index contributed by atoms with van der Waals surface area (Å²) >= 11 is 0. The Morgan fingerprint density at radius 2 is 2.00 bits per heavy atom. The second-order valence-corrected chi connectivity index (χ2v) is 5.35. The van der Waals surface area contributed by atoms with Crippen molar-refractivity contribution in [1.82, 2.24) is 4.90 Å². The van der Waals surface area contributed by atoms with Gasteiger partial charge in [-0.05, 0) is 44.7 Å². The minimum atomic E-state index is -0.226. The summed E-state index contributed by atoms with van der Waals surface area (Å²) in [6.45, 7) is 8.26. The van der Waals surface area contributed by atoms with Gasteiger partial charge in [-0.2, -0.15) is 0 Å². The summed E-state index contributed by atoms with van der Waals surface area (Å²) in [7, 11) is 2.16. The number of nitrogens with zero attached hydrogens (tertiary/aromatic N) is 1. The van der Waals surface area contributed by atoms with Gasteiger partial charge in [0.05, 0.1) is 12.6 Å². The molecular weight excluding hydrogens is 222 g/mol. The summed E-state index contributed by atoms with van der Waals surface area (Å²) in [6, 6.07) is 10.9. The normalized spacial score (nSPS) is 25.3. The molecule has 2 nitrogen and oxygen atoms in total. The lowest BCUT2D eigenvalue weighted by Gasteiger charge is -2.38. The van der Waals surface area contributed by atoms with Crippen LogP contribution in [0.15, 0.2) is 42.0 Å². The van der Waals surface area contributed by atoms with Crippen LogP contribution in [0.5, 0.6) is 0 Å². The number of hydrogen-bond donors (Lipinski definition) is 0. The zero-order valence-corrected chi connectivity index (χ0v) is 11.8. The van der Waals surface area contributed by atoms with E-state index in [4.69, 9.17) is 4.74 Å². The van der Waals surface area contributed by atoms with Crippen molar-refractivity contribution in [3.63, 3.8) is 0 Å². The Hall–Kier alpha value is -1.12. The first-order valence-electron chi connectivity index (χ1n) is 6.64. The molecule has 0 aromatic heterocycles. The van der Waals surface area contributed by atoms with Crippen molar-refractivity contribution >= 4 is 0 Å². The van der Waals surface area contributed by atoms with Gasteiger partial charge in [0, 0.05) is 0 Å². The Bertz CT molecular complexity index is 426. The van der Waals surface area contributed by atoms with Crippen LogP contribution in [0.1, 0.15) is 32.4 Å². The summed E-state index contributed by atoms with van der Waals surface area (Å²) in [5.74, 6) is 0. The number of benzene rings is 1. The average Bonchev–Trinajstić information content (AvgIpc) is 2.71. The van der Waals surface area contributed by atoms with Crippen LogP contribution < -0.4 is 0 Å². The molecule has 2 atom stereocenters. The van der Waals surface area contributed by atoms with E-state index in [-0.39, 0.29) is 11.6 Å². The van der Waals surface area contributed by atoms with Crippen LogP contribution in [0, 0.1) is 0 Å². The molecule has 1 heterocycles. The van der Waals surface area contributed by atoms with E-state index < -0.39 is 0 Å². The van der Waals surface area contributed by atoms with Crippen LogP contribution in [0.25, 0.3) is 0 Å². The Morgan fingerprint density at radius 1 is 1.33 bits per heavy atom. The number of rotatable bonds is 4. The van der Waals surface area contributed by atoms with Gasteiger partial charge in [0.15, 0.2) is 0 Å². The molecule has 1 aromatic carbocycles. The van der Waals surface area contributed by atoms with E-state index >= 15 is 0 Å². The molecule has 98 valence electrons. The SMILES string of the molecule is CCN(C)[C@@H](c1ccccc1)[C@@]1(C)C=C(C)CO1. The Labute approximate surface area is 110 Å². The highest BCUT2D eigenvalue weighted by molar-refractivity contribution is 5.28. The lowest BCUT2D eigenvalue weighted by atomic mass is 9.88. The maximum absolute atomic E-state index is 6.06. The molecule has 0 unspecified atom stereocenters. The lowest BCUT2D eigenvalue weighted by molar-refractivity contribution is -0.0283. The van der Waals surface area contributed by atoms with E-state index in [1.807, 2.05) is 0 Å². The molecule has 1 aliphatic heterocycles. The Balaban J connectivity index is 2.38. The summed E-state index contributed by atoms with van der Waals surface area (Å²) in [4.78, 5) is 2.35. The zero-order valence-electron chi connectivity index (χ0n) is 11.8. The molecule has 1 aliphatic rings. The molecule has 0 aliphatic carbocycles. The highest BCUT2D eigenvalue weighted by Crippen LogP contribution is 2.38. The third-order valence-electron chi connectivity index (χ3n) is 3.74. The van der Waals surface area contributed by atoms with Crippen molar-refractivity contribution in [3.05, 3.63) is 47.5 Å². The fourth-order valence-electron chi connectivity index (χ4n) is 2.84. The highest BCUT2D eigenvalue weighted by Gasteiger charge is 2.39. The predicted molar refractivity (Wildman–Crippen MR) is 75.6 cm³/mol. The van der Waals surface area contributed by atoms with Crippen LogP contribution in [-0.4, -0.2) is 30.7 Å². The smallest absolute Gasteiger partial charge is 0.104 e. The van der Waals surface area contributed by atoms with Crippen molar-refractivity contribution in [1.29, 1.82) is 0 Å². The monoisotopic (exact) mass is 245 g/mol. The average molecular weight is 245 g/mol. The predicted octanol–water partition coefficient (Wildman–Crippen LogP) is 3.41. The van der Waals surface area contributed by atoms with Gasteiger partial charge in [-0.25, -0.2) is 0 Å². The van der Waals surface area contributed by atoms with E-state index in [9.17, 15) is 0 Å². The van der Waals surface area contributed by atoms with Gasteiger partial charge in [-0.3, -0.25) is 4.90 Å². The number of hydrogen-bond acceptors (Lipinski definition) is 2. The Kier molecular flexibility index (Phi) is 3.88. The van der Waals surface area contributed by atoms with E-state index in [0.717, 1.165) is 13.2 Å². The van der Waals surface area contributed by atoms with Crippen LogP contribution in [0.2, 0.25) is 0 Å². The van der Waals surface area contributed by atoms with Gasteiger partial charge in [0.25, 0.3) is 0 Å². The molecule has 0 saturated carbocycles. The first-order valence-corrected chi connectivity index (χ1v) is 6.64. The van der Waals surface area contributed by atoms with Gasteiger partial charge < -0.3 is 4.74 Å². The molecule has 2 heteroatoms. The minimum Gasteiger partial charge on any atom is -0.365 e. The largest absolute Gasteiger partial charge is 0.365 e. The van der Waals surface area contributed by atoms with E-state index in [0.29, 0.717) is 0 Å². The van der Waals surface area contributed by atoms with Crippen molar-refractivity contribution < 1.29 is 4.74 Å². The number of ether oxygens (including phenoxy) is 1. The van der Waals surface area contributed by atoms with Crippen LogP contribution >= 0.6 is 0 Å². The van der Waals surface area contributed by atoms with Crippen molar-refractivity contribution in [2.45, 2.75) is 32.4 Å². The second-order valence-electron chi connectivity index (χ2n) is 5.35. The molecule has 0 bridgehead atoms. The minimum absolute atomic E-state index is 0.226. The molecule has 0 N–H and O–H groups in total. The number of likely N-dealkylation sites (N-methyl/N-ethyl adjacent to an activating group) is 1. The fraction of sp³-hybridized carbons (Fsp3) is 0.500.